The summed E-state index contributed by atoms with van der Waals surface area (Å²) in [5.41, 5.74) is -4.51. The van der Waals surface area contributed by atoms with Crippen LogP contribution in [0.5, 0.6) is 5.75 Å². The van der Waals surface area contributed by atoms with Crippen LogP contribution in [-0.4, -0.2) is 37.1 Å². The molecule has 1 N–H and O–H groups in total. The van der Waals surface area contributed by atoms with Crippen LogP contribution in [0.15, 0.2) is 18.2 Å². The number of ether oxygens (including phenoxy) is 2. The number of halogens is 4. The van der Waals surface area contributed by atoms with Gasteiger partial charge in [-0.25, -0.2) is 4.39 Å². The van der Waals surface area contributed by atoms with E-state index < -0.39 is 41.8 Å². The van der Waals surface area contributed by atoms with Crippen LogP contribution in [0.4, 0.5) is 17.6 Å². The summed E-state index contributed by atoms with van der Waals surface area (Å²) in [6.45, 7) is 2.80. The first-order chi connectivity index (χ1) is 10.9. The Morgan fingerprint density at radius 3 is 2.25 bits per heavy atom. The molecule has 1 aromatic carbocycles. The molecule has 1 rings (SSSR count). The molecule has 0 aliphatic carbocycles. The van der Waals surface area contributed by atoms with Gasteiger partial charge in [-0.1, -0.05) is 13.8 Å². The predicted molar refractivity (Wildman–Crippen MR) is 78.2 cm³/mol. The topological polar surface area (TPSA) is 55.8 Å². The molecular weight excluding hydrogens is 332 g/mol. The Morgan fingerprint density at radius 1 is 1.21 bits per heavy atom. The van der Waals surface area contributed by atoms with Crippen LogP contribution in [0.2, 0.25) is 0 Å². The van der Waals surface area contributed by atoms with Gasteiger partial charge in [0.05, 0.1) is 20.6 Å². The van der Waals surface area contributed by atoms with E-state index in [-0.39, 0.29) is 11.3 Å². The van der Waals surface area contributed by atoms with Crippen molar-refractivity contribution in [1.29, 1.82) is 0 Å². The molecule has 24 heavy (non-hydrogen) atoms. The van der Waals surface area contributed by atoms with E-state index in [1.807, 2.05) is 0 Å². The average Bonchev–Trinajstić information content (AvgIpc) is 2.45. The molecule has 1 aromatic rings. The van der Waals surface area contributed by atoms with Gasteiger partial charge in [0.1, 0.15) is 11.6 Å². The van der Waals surface area contributed by atoms with Gasteiger partial charge in [-0.2, -0.15) is 13.2 Å². The van der Waals surface area contributed by atoms with Crippen molar-refractivity contribution in [2.75, 3.05) is 14.2 Å². The van der Waals surface area contributed by atoms with Crippen molar-refractivity contribution in [3.05, 3.63) is 29.6 Å². The van der Waals surface area contributed by atoms with Crippen molar-refractivity contribution in [2.24, 2.45) is 0 Å². The normalized spacial score (nSPS) is 14.9. The number of methoxy groups -OCH3 is 2. The van der Waals surface area contributed by atoms with Gasteiger partial charge in [-0.3, -0.25) is 4.79 Å². The van der Waals surface area contributed by atoms with Crippen molar-refractivity contribution < 1.29 is 36.9 Å². The summed E-state index contributed by atoms with van der Waals surface area (Å²) in [7, 11) is 2.23. The lowest BCUT2D eigenvalue weighted by Gasteiger charge is -2.37. The zero-order valence-electron chi connectivity index (χ0n) is 13.8. The Bertz CT molecular complexity index is 598. The molecule has 4 nitrogen and oxygen atoms in total. The number of esters is 1. The second-order valence-corrected chi connectivity index (χ2v) is 6.19. The van der Waals surface area contributed by atoms with E-state index in [1.165, 1.54) is 27.0 Å². The van der Waals surface area contributed by atoms with Crippen molar-refractivity contribution in [3.63, 3.8) is 0 Å². The Balaban J connectivity index is 3.30. The first-order valence-electron chi connectivity index (χ1n) is 7.06. The van der Waals surface area contributed by atoms with E-state index in [1.54, 1.807) is 0 Å². The molecule has 136 valence electrons. The van der Waals surface area contributed by atoms with Crippen LogP contribution < -0.4 is 4.74 Å². The molecule has 0 spiro atoms. The molecule has 0 saturated heterocycles. The molecule has 0 aromatic heterocycles. The standard InChI is InChI=1S/C16H20F4O4/c1-14(2,11-7-10(17)5-6-12(11)23-3)9-15(22,16(18,19)20)8-13(21)24-4/h5-7,22H,8-9H2,1-4H3/t15-/m0/s1. The largest absolute Gasteiger partial charge is 0.496 e. The van der Waals surface area contributed by atoms with Crippen LogP contribution in [0, 0.1) is 5.82 Å². The van der Waals surface area contributed by atoms with Gasteiger partial charge in [-0.05, 0) is 30.0 Å². The third-order valence-electron chi connectivity index (χ3n) is 3.82. The second-order valence-electron chi connectivity index (χ2n) is 6.19. The highest BCUT2D eigenvalue weighted by Gasteiger charge is 2.57. The number of hydrogen-bond acceptors (Lipinski definition) is 4. The maximum atomic E-state index is 13.5. The molecule has 0 radical (unpaired) electrons. The van der Waals surface area contributed by atoms with Crippen molar-refractivity contribution in [3.8, 4) is 5.75 Å². The van der Waals surface area contributed by atoms with Crippen molar-refractivity contribution >= 4 is 5.97 Å². The minimum atomic E-state index is -5.07. The minimum absolute atomic E-state index is 0.151. The first-order valence-corrected chi connectivity index (χ1v) is 7.06. The van der Waals surface area contributed by atoms with Gasteiger partial charge in [-0.15, -0.1) is 0 Å². The zero-order valence-corrected chi connectivity index (χ0v) is 13.8. The number of rotatable bonds is 6. The van der Waals surface area contributed by atoms with E-state index in [0.29, 0.717) is 0 Å². The number of hydrogen-bond donors (Lipinski definition) is 1. The lowest BCUT2D eigenvalue weighted by Crippen LogP contribution is -2.50. The third-order valence-corrected chi connectivity index (χ3v) is 3.82. The lowest BCUT2D eigenvalue weighted by molar-refractivity contribution is -0.269. The highest BCUT2D eigenvalue weighted by atomic mass is 19.4. The minimum Gasteiger partial charge on any atom is -0.496 e. The maximum Gasteiger partial charge on any atom is 0.417 e. The lowest BCUT2D eigenvalue weighted by atomic mass is 9.73. The summed E-state index contributed by atoms with van der Waals surface area (Å²) in [5.74, 6) is -1.66. The van der Waals surface area contributed by atoms with Gasteiger partial charge in [0, 0.05) is 5.56 Å². The fourth-order valence-electron chi connectivity index (χ4n) is 2.61. The summed E-state index contributed by atoms with van der Waals surface area (Å²) in [6, 6.07) is 3.45. The van der Waals surface area contributed by atoms with E-state index in [2.05, 4.69) is 4.74 Å². The maximum absolute atomic E-state index is 13.5. The summed E-state index contributed by atoms with van der Waals surface area (Å²) >= 11 is 0. The molecule has 0 heterocycles. The van der Waals surface area contributed by atoms with Crippen LogP contribution in [-0.2, 0) is 14.9 Å². The highest BCUT2D eigenvalue weighted by Crippen LogP contribution is 2.45. The average molecular weight is 352 g/mol. The number of alkyl halides is 3. The number of carbonyl (C=O) groups excluding carboxylic acids is 1. The molecule has 0 aliphatic rings. The summed E-state index contributed by atoms with van der Waals surface area (Å²) in [4.78, 5) is 11.3. The van der Waals surface area contributed by atoms with E-state index >= 15 is 0 Å². The van der Waals surface area contributed by atoms with Gasteiger partial charge in [0.2, 0.25) is 0 Å². The summed E-state index contributed by atoms with van der Waals surface area (Å²) in [5, 5.41) is 10.1. The van der Waals surface area contributed by atoms with Crippen LogP contribution >= 0.6 is 0 Å². The highest BCUT2D eigenvalue weighted by molar-refractivity contribution is 5.70. The van der Waals surface area contributed by atoms with Gasteiger partial charge < -0.3 is 14.6 Å². The Hall–Kier alpha value is -1.83. The molecule has 0 saturated carbocycles. The molecule has 1 atom stereocenters. The molecule has 0 unspecified atom stereocenters. The number of carbonyl (C=O) groups is 1. The van der Waals surface area contributed by atoms with Crippen molar-refractivity contribution in [1.82, 2.24) is 0 Å². The van der Waals surface area contributed by atoms with E-state index in [9.17, 15) is 27.5 Å². The van der Waals surface area contributed by atoms with E-state index in [0.717, 1.165) is 19.2 Å². The smallest absolute Gasteiger partial charge is 0.417 e. The number of aliphatic hydroxyl groups is 1. The molecule has 8 heteroatoms. The Kier molecular flexibility index (Phi) is 5.86. The molecule has 0 fully saturated rings. The van der Waals surface area contributed by atoms with E-state index in [4.69, 9.17) is 4.74 Å². The van der Waals surface area contributed by atoms with Gasteiger partial charge in [0.15, 0.2) is 5.60 Å². The van der Waals surface area contributed by atoms with Crippen molar-refractivity contribution in [2.45, 2.75) is 43.9 Å². The SMILES string of the molecule is COC(=O)C[C@](O)(CC(C)(C)c1cc(F)ccc1OC)C(F)(F)F. The number of benzene rings is 1. The quantitative estimate of drug-likeness (QED) is 0.630. The second kappa shape index (κ2) is 6.96. The molecule has 0 aliphatic heterocycles. The van der Waals surface area contributed by atoms with Crippen LogP contribution in [0.3, 0.4) is 0 Å². The summed E-state index contributed by atoms with van der Waals surface area (Å²) in [6.07, 6.45) is -7.20. The first kappa shape index (κ1) is 20.2. The Labute approximate surface area is 137 Å². The van der Waals surface area contributed by atoms with Gasteiger partial charge in [0.25, 0.3) is 0 Å². The summed E-state index contributed by atoms with van der Waals surface area (Å²) < 4.78 is 62.9. The third kappa shape index (κ3) is 4.37. The predicted octanol–water partition coefficient (Wildman–Crippen LogP) is 3.36. The fourth-order valence-corrected chi connectivity index (χ4v) is 2.61. The zero-order chi connectivity index (χ0) is 18.8. The molecule has 0 bridgehead atoms. The van der Waals surface area contributed by atoms with Gasteiger partial charge >= 0.3 is 12.1 Å². The Morgan fingerprint density at radius 2 is 1.79 bits per heavy atom. The van der Waals surface area contributed by atoms with Crippen LogP contribution in [0.25, 0.3) is 0 Å². The monoisotopic (exact) mass is 352 g/mol. The molecule has 0 amide bonds. The fraction of sp³-hybridized carbons (Fsp3) is 0.562. The van der Waals surface area contributed by atoms with Crippen LogP contribution in [0.1, 0.15) is 32.3 Å². The molecular formula is C16H20F4O4.